The summed E-state index contributed by atoms with van der Waals surface area (Å²) in [6, 6.07) is 4.69. The van der Waals surface area contributed by atoms with Crippen molar-refractivity contribution in [2.24, 2.45) is 0 Å². The van der Waals surface area contributed by atoms with Crippen LogP contribution in [0.4, 0.5) is 4.39 Å². The first-order valence-corrected chi connectivity index (χ1v) is 4.12. The Kier molecular flexibility index (Phi) is 3.30. The molecule has 66 valence electrons. The Balaban J connectivity index is 3.20. The number of allylic oxidation sites excluding steroid dienone is 1. The normalized spacial score (nSPS) is 10.3. The van der Waals surface area contributed by atoms with Crippen molar-refractivity contribution in [3.8, 4) is 6.07 Å². The molecule has 0 spiro atoms. The van der Waals surface area contributed by atoms with Gasteiger partial charge >= 0.3 is 0 Å². The molecule has 0 aliphatic rings. The minimum Gasteiger partial charge on any atom is -0.205 e. The molecule has 0 saturated carbocycles. The van der Waals surface area contributed by atoms with Crippen LogP contribution in [0.1, 0.15) is 5.56 Å². The third-order valence-electron chi connectivity index (χ3n) is 1.40. The molecule has 0 amide bonds. The van der Waals surface area contributed by atoms with Gasteiger partial charge in [0, 0.05) is 11.6 Å². The van der Waals surface area contributed by atoms with E-state index in [9.17, 15) is 4.39 Å². The van der Waals surface area contributed by atoms with Crippen LogP contribution in [0.3, 0.4) is 0 Å². The van der Waals surface area contributed by atoms with Crippen LogP contribution in [0.2, 0.25) is 10.0 Å². The summed E-state index contributed by atoms with van der Waals surface area (Å²) in [6.45, 7) is 0. The fourth-order valence-electron chi connectivity index (χ4n) is 0.797. The summed E-state index contributed by atoms with van der Waals surface area (Å²) in [5.74, 6) is -0.610. The zero-order chi connectivity index (χ0) is 9.84. The third-order valence-corrected chi connectivity index (χ3v) is 2.18. The second kappa shape index (κ2) is 4.27. The number of rotatable bonds is 1. The van der Waals surface area contributed by atoms with Crippen molar-refractivity contribution in [3.63, 3.8) is 0 Å². The first kappa shape index (κ1) is 10.0. The van der Waals surface area contributed by atoms with Crippen LogP contribution in [-0.4, -0.2) is 0 Å². The van der Waals surface area contributed by atoms with Gasteiger partial charge in [-0.3, -0.25) is 0 Å². The second-order valence-corrected chi connectivity index (χ2v) is 3.01. The summed E-state index contributed by atoms with van der Waals surface area (Å²) >= 11 is 11.1. The fourth-order valence-corrected chi connectivity index (χ4v) is 1.11. The van der Waals surface area contributed by atoms with E-state index in [1.165, 1.54) is 24.3 Å². The topological polar surface area (TPSA) is 23.8 Å². The van der Waals surface area contributed by atoms with Crippen molar-refractivity contribution in [1.82, 2.24) is 0 Å². The molecule has 0 fully saturated rings. The van der Waals surface area contributed by atoms with E-state index in [4.69, 9.17) is 28.5 Å². The minimum absolute atomic E-state index is 0.123. The molecule has 4 heteroatoms. The lowest BCUT2D eigenvalue weighted by molar-refractivity contribution is 0.625. The first-order chi connectivity index (χ1) is 6.16. The van der Waals surface area contributed by atoms with Gasteiger partial charge in [-0.15, -0.1) is 0 Å². The zero-order valence-corrected chi connectivity index (χ0v) is 7.90. The predicted molar refractivity (Wildman–Crippen MR) is 51.1 cm³/mol. The van der Waals surface area contributed by atoms with E-state index in [2.05, 4.69) is 0 Å². The van der Waals surface area contributed by atoms with Crippen LogP contribution in [0.25, 0.3) is 6.08 Å². The monoisotopic (exact) mass is 215 g/mol. The van der Waals surface area contributed by atoms with E-state index in [0.29, 0.717) is 0 Å². The summed E-state index contributed by atoms with van der Waals surface area (Å²) in [7, 11) is 0. The van der Waals surface area contributed by atoms with E-state index >= 15 is 0 Å². The average molecular weight is 216 g/mol. The first-order valence-electron chi connectivity index (χ1n) is 3.36. The Labute approximate surface area is 85.0 Å². The van der Waals surface area contributed by atoms with Gasteiger partial charge in [-0.1, -0.05) is 29.3 Å². The highest BCUT2D eigenvalue weighted by Gasteiger charge is 2.07. The van der Waals surface area contributed by atoms with Crippen LogP contribution in [0, 0.1) is 17.1 Å². The van der Waals surface area contributed by atoms with Crippen LogP contribution in [0.5, 0.6) is 0 Å². The molecule has 13 heavy (non-hydrogen) atoms. The van der Waals surface area contributed by atoms with E-state index in [1.807, 2.05) is 0 Å². The Morgan fingerprint density at radius 3 is 2.69 bits per heavy atom. The van der Waals surface area contributed by atoms with Gasteiger partial charge in [-0.05, 0) is 12.1 Å². The van der Waals surface area contributed by atoms with Crippen LogP contribution >= 0.6 is 23.2 Å². The van der Waals surface area contributed by atoms with Gasteiger partial charge in [0.05, 0.1) is 16.1 Å². The van der Waals surface area contributed by atoms with E-state index < -0.39 is 5.82 Å². The van der Waals surface area contributed by atoms with Gasteiger partial charge in [-0.2, -0.15) is 5.26 Å². The smallest absolute Gasteiger partial charge is 0.150 e. The van der Waals surface area contributed by atoms with E-state index in [0.717, 1.165) is 0 Å². The predicted octanol–water partition coefficient (Wildman–Crippen LogP) is 3.67. The molecule has 0 N–H and O–H groups in total. The van der Waals surface area contributed by atoms with Gasteiger partial charge in [0.1, 0.15) is 0 Å². The van der Waals surface area contributed by atoms with Crippen molar-refractivity contribution in [2.75, 3.05) is 0 Å². The Morgan fingerprint density at radius 2 is 2.08 bits per heavy atom. The lowest BCUT2D eigenvalue weighted by atomic mass is 10.2. The Morgan fingerprint density at radius 1 is 1.38 bits per heavy atom. The van der Waals surface area contributed by atoms with Crippen LogP contribution < -0.4 is 0 Å². The Bertz CT molecular complexity index is 393. The molecule has 1 aromatic rings. The van der Waals surface area contributed by atoms with Crippen molar-refractivity contribution in [1.29, 1.82) is 5.26 Å². The minimum atomic E-state index is -0.610. The van der Waals surface area contributed by atoms with Gasteiger partial charge in [-0.25, -0.2) is 4.39 Å². The molecule has 0 unspecified atom stereocenters. The number of benzene rings is 1. The summed E-state index contributed by atoms with van der Waals surface area (Å²) in [5, 5.41) is 8.26. The van der Waals surface area contributed by atoms with E-state index in [-0.39, 0.29) is 15.6 Å². The summed E-state index contributed by atoms with van der Waals surface area (Å²) in [4.78, 5) is 0. The molecule has 0 aliphatic heterocycles. The Hall–Kier alpha value is -1.04. The molecule has 0 heterocycles. The molecular formula is C9H4Cl2FN. The fraction of sp³-hybridized carbons (Fsp3) is 0. The van der Waals surface area contributed by atoms with Crippen LogP contribution in [0.15, 0.2) is 18.2 Å². The maximum absolute atomic E-state index is 13.2. The highest BCUT2D eigenvalue weighted by molar-refractivity contribution is 6.42. The molecule has 0 atom stereocenters. The highest BCUT2D eigenvalue weighted by Crippen LogP contribution is 2.27. The maximum Gasteiger partial charge on any atom is 0.150 e. The molecule has 0 radical (unpaired) electrons. The number of hydrogen-bond donors (Lipinski definition) is 0. The molecule has 0 saturated heterocycles. The molecule has 0 aliphatic carbocycles. The summed E-state index contributed by atoms with van der Waals surface area (Å²) in [5.41, 5.74) is 0.246. The van der Waals surface area contributed by atoms with Crippen molar-refractivity contribution < 1.29 is 4.39 Å². The zero-order valence-electron chi connectivity index (χ0n) is 6.39. The molecule has 1 aromatic carbocycles. The quantitative estimate of drug-likeness (QED) is 0.518. The highest BCUT2D eigenvalue weighted by atomic mass is 35.5. The average Bonchev–Trinajstić information content (AvgIpc) is 2.13. The summed E-state index contributed by atoms with van der Waals surface area (Å²) in [6.07, 6.45) is 2.50. The van der Waals surface area contributed by atoms with Gasteiger partial charge in [0.15, 0.2) is 5.82 Å². The number of nitrogens with zero attached hydrogens (tertiary/aromatic N) is 1. The molecule has 0 aromatic heterocycles. The molecular weight excluding hydrogens is 212 g/mol. The standard InChI is InChI=1S/C9H4Cl2FN/c10-7-4-3-6(2-1-5-13)9(12)8(7)11/h1-4H. The lowest BCUT2D eigenvalue weighted by Crippen LogP contribution is -1.83. The number of nitriles is 1. The maximum atomic E-state index is 13.2. The SMILES string of the molecule is N#CC=Cc1ccc(Cl)c(Cl)c1F. The van der Waals surface area contributed by atoms with Gasteiger partial charge in [0.2, 0.25) is 0 Å². The van der Waals surface area contributed by atoms with Gasteiger partial charge < -0.3 is 0 Å². The summed E-state index contributed by atoms with van der Waals surface area (Å²) < 4.78 is 13.2. The van der Waals surface area contributed by atoms with E-state index in [1.54, 1.807) is 6.07 Å². The lowest BCUT2D eigenvalue weighted by Gasteiger charge is -2.00. The van der Waals surface area contributed by atoms with Gasteiger partial charge in [0.25, 0.3) is 0 Å². The largest absolute Gasteiger partial charge is 0.205 e. The second-order valence-electron chi connectivity index (χ2n) is 2.23. The number of halogens is 3. The molecule has 1 rings (SSSR count). The van der Waals surface area contributed by atoms with Crippen molar-refractivity contribution in [3.05, 3.63) is 39.6 Å². The number of hydrogen-bond acceptors (Lipinski definition) is 1. The third kappa shape index (κ3) is 2.21. The molecule has 0 bridgehead atoms. The van der Waals surface area contributed by atoms with Crippen LogP contribution in [-0.2, 0) is 0 Å². The van der Waals surface area contributed by atoms with Crippen molar-refractivity contribution in [2.45, 2.75) is 0 Å². The van der Waals surface area contributed by atoms with Crippen molar-refractivity contribution >= 4 is 29.3 Å². The molecule has 1 nitrogen and oxygen atoms in total.